The first-order valence-corrected chi connectivity index (χ1v) is 7.38. The predicted molar refractivity (Wildman–Crippen MR) is 84.9 cm³/mol. The number of anilines is 1. The minimum atomic E-state index is -0.274. The van der Waals surface area contributed by atoms with Crippen LogP contribution in [0.2, 0.25) is 0 Å². The van der Waals surface area contributed by atoms with Crippen LogP contribution in [0.3, 0.4) is 0 Å². The van der Waals surface area contributed by atoms with Gasteiger partial charge >= 0.3 is 0 Å². The van der Waals surface area contributed by atoms with Gasteiger partial charge in [0.1, 0.15) is 4.64 Å². The number of carbonyl (C=O) groups is 1. The molecule has 0 aromatic carbocycles. The summed E-state index contributed by atoms with van der Waals surface area (Å²) in [4.78, 5) is 23.4. The van der Waals surface area contributed by atoms with Crippen LogP contribution < -0.4 is 5.32 Å². The third kappa shape index (κ3) is 3.04. The molecule has 0 unspecified atom stereocenters. The second kappa shape index (κ2) is 5.94. The number of pyridine rings is 2. The number of hydrogen-bond acceptors (Lipinski definition) is 5. The molecule has 5 nitrogen and oxygen atoms in total. The van der Waals surface area contributed by atoms with Gasteiger partial charge in [0, 0.05) is 29.5 Å². The first kappa shape index (κ1) is 13.6. The molecule has 0 aliphatic carbocycles. The van der Waals surface area contributed by atoms with Gasteiger partial charge in [0.15, 0.2) is 5.13 Å². The van der Waals surface area contributed by atoms with Crippen molar-refractivity contribution in [3.05, 3.63) is 58.4 Å². The maximum atomic E-state index is 12.1. The van der Waals surface area contributed by atoms with E-state index in [-0.39, 0.29) is 5.91 Å². The standard InChI is InChI=1S/C14H10N4OS2/c19-12(10-4-2-6-16-13(10)20)18-14-17-11(8-21-14)9-3-1-5-15-7-9/h1-8H,(H,16,20)(H,17,18,19). The van der Waals surface area contributed by atoms with Crippen LogP contribution in [0.4, 0.5) is 5.13 Å². The summed E-state index contributed by atoms with van der Waals surface area (Å²) in [5, 5.41) is 5.15. The van der Waals surface area contributed by atoms with Gasteiger partial charge in [-0.05, 0) is 24.3 Å². The van der Waals surface area contributed by atoms with Crippen molar-refractivity contribution >= 4 is 34.6 Å². The van der Waals surface area contributed by atoms with Crippen molar-refractivity contribution < 1.29 is 4.79 Å². The Kier molecular flexibility index (Phi) is 3.85. The Morgan fingerprint density at radius 2 is 2.24 bits per heavy atom. The zero-order valence-corrected chi connectivity index (χ0v) is 12.4. The van der Waals surface area contributed by atoms with E-state index in [4.69, 9.17) is 12.2 Å². The lowest BCUT2D eigenvalue weighted by molar-refractivity contribution is 0.102. The number of rotatable bonds is 3. The normalized spacial score (nSPS) is 10.3. The SMILES string of the molecule is O=C(Nc1nc(-c2cccnc2)cs1)c1ccc[nH]c1=S. The van der Waals surface area contributed by atoms with Gasteiger partial charge in [-0.1, -0.05) is 12.2 Å². The molecule has 0 radical (unpaired) electrons. The molecule has 0 atom stereocenters. The molecule has 0 aliphatic heterocycles. The summed E-state index contributed by atoms with van der Waals surface area (Å²) in [6.45, 7) is 0. The van der Waals surface area contributed by atoms with E-state index in [1.165, 1.54) is 11.3 Å². The van der Waals surface area contributed by atoms with E-state index < -0.39 is 0 Å². The summed E-state index contributed by atoms with van der Waals surface area (Å²) >= 11 is 6.44. The first-order valence-electron chi connectivity index (χ1n) is 6.09. The highest BCUT2D eigenvalue weighted by molar-refractivity contribution is 7.71. The number of aromatic amines is 1. The Bertz CT molecular complexity index is 826. The maximum Gasteiger partial charge on any atom is 0.260 e. The second-order valence-corrected chi connectivity index (χ2v) is 5.41. The molecule has 7 heteroatoms. The number of aromatic nitrogens is 3. The molecule has 21 heavy (non-hydrogen) atoms. The maximum absolute atomic E-state index is 12.1. The summed E-state index contributed by atoms with van der Waals surface area (Å²) in [7, 11) is 0. The van der Waals surface area contributed by atoms with Crippen LogP contribution in [0, 0.1) is 4.64 Å². The highest BCUT2D eigenvalue weighted by Crippen LogP contribution is 2.24. The summed E-state index contributed by atoms with van der Waals surface area (Å²) in [6.07, 6.45) is 5.12. The molecule has 1 amide bonds. The van der Waals surface area contributed by atoms with Crippen molar-refractivity contribution in [2.45, 2.75) is 0 Å². The van der Waals surface area contributed by atoms with Crippen LogP contribution in [-0.2, 0) is 0 Å². The van der Waals surface area contributed by atoms with Crippen LogP contribution in [0.25, 0.3) is 11.3 Å². The van der Waals surface area contributed by atoms with Crippen LogP contribution in [0.15, 0.2) is 48.2 Å². The zero-order chi connectivity index (χ0) is 14.7. The third-order valence-electron chi connectivity index (χ3n) is 2.74. The minimum absolute atomic E-state index is 0.274. The molecule has 2 N–H and O–H groups in total. The van der Waals surface area contributed by atoms with Gasteiger partial charge in [-0.3, -0.25) is 15.1 Å². The summed E-state index contributed by atoms with van der Waals surface area (Å²) in [5.74, 6) is -0.274. The van der Waals surface area contributed by atoms with Crippen LogP contribution in [0.1, 0.15) is 10.4 Å². The van der Waals surface area contributed by atoms with E-state index in [0.717, 1.165) is 11.3 Å². The van der Waals surface area contributed by atoms with Crippen molar-refractivity contribution in [2.24, 2.45) is 0 Å². The Labute approximate surface area is 129 Å². The monoisotopic (exact) mass is 314 g/mol. The highest BCUT2D eigenvalue weighted by Gasteiger charge is 2.11. The number of amides is 1. The highest BCUT2D eigenvalue weighted by atomic mass is 32.1. The van der Waals surface area contributed by atoms with Crippen molar-refractivity contribution in [3.8, 4) is 11.3 Å². The number of nitrogens with one attached hydrogen (secondary N) is 2. The van der Waals surface area contributed by atoms with Crippen molar-refractivity contribution in [1.82, 2.24) is 15.0 Å². The Hall–Kier alpha value is -2.38. The Balaban J connectivity index is 1.81. The molecule has 0 fully saturated rings. The summed E-state index contributed by atoms with van der Waals surface area (Å²) in [6, 6.07) is 7.16. The first-order chi connectivity index (χ1) is 10.2. The average molecular weight is 314 g/mol. The lowest BCUT2D eigenvalue weighted by Crippen LogP contribution is -2.12. The molecule has 104 valence electrons. The minimum Gasteiger partial charge on any atom is -0.352 e. The Morgan fingerprint density at radius 3 is 3.00 bits per heavy atom. The molecular weight excluding hydrogens is 304 g/mol. The fourth-order valence-electron chi connectivity index (χ4n) is 1.74. The second-order valence-electron chi connectivity index (χ2n) is 4.15. The van der Waals surface area contributed by atoms with E-state index in [1.54, 1.807) is 30.7 Å². The molecule has 0 saturated heterocycles. The van der Waals surface area contributed by atoms with Crippen molar-refractivity contribution in [1.29, 1.82) is 0 Å². The molecule has 0 saturated carbocycles. The number of hydrogen-bond donors (Lipinski definition) is 2. The van der Waals surface area contributed by atoms with Gasteiger partial charge in [0.05, 0.1) is 11.3 Å². The van der Waals surface area contributed by atoms with E-state index in [1.807, 2.05) is 17.5 Å². The fraction of sp³-hybridized carbons (Fsp3) is 0. The van der Waals surface area contributed by atoms with E-state index in [9.17, 15) is 4.79 Å². The third-order valence-corrected chi connectivity index (χ3v) is 3.84. The molecule has 0 bridgehead atoms. The Morgan fingerprint density at radius 1 is 1.33 bits per heavy atom. The van der Waals surface area contributed by atoms with Gasteiger partial charge in [0.2, 0.25) is 0 Å². The number of H-pyrrole nitrogens is 1. The summed E-state index contributed by atoms with van der Waals surface area (Å²) < 4.78 is 0.402. The van der Waals surface area contributed by atoms with Gasteiger partial charge in [0.25, 0.3) is 5.91 Å². The fourth-order valence-corrected chi connectivity index (χ4v) is 2.69. The lowest BCUT2D eigenvalue weighted by Gasteiger charge is -2.01. The van der Waals surface area contributed by atoms with Crippen molar-refractivity contribution in [2.75, 3.05) is 5.32 Å². The van der Waals surface area contributed by atoms with Gasteiger partial charge < -0.3 is 4.98 Å². The van der Waals surface area contributed by atoms with Gasteiger partial charge in [-0.2, -0.15) is 0 Å². The molecular formula is C14H10N4OS2. The van der Waals surface area contributed by atoms with Crippen LogP contribution in [-0.4, -0.2) is 20.9 Å². The molecule has 3 heterocycles. The molecule has 0 spiro atoms. The van der Waals surface area contributed by atoms with Crippen molar-refractivity contribution in [3.63, 3.8) is 0 Å². The number of nitrogens with zero attached hydrogens (tertiary/aromatic N) is 2. The lowest BCUT2D eigenvalue weighted by atomic mass is 10.2. The molecule has 3 rings (SSSR count). The smallest absolute Gasteiger partial charge is 0.260 e. The van der Waals surface area contributed by atoms with Crippen LogP contribution in [0.5, 0.6) is 0 Å². The zero-order valence-electron chi connectivity index (χ0n) is 10.7. The molecule has 0 aliphatic rings. The number of thiazole rings is 1. The van der Waals surface area contributed by atoms with Crippen LogP contribution >= 0.6 is 23.6 Å². The molecule has 3 aromatic rings. The molecule has 3 aromatic heterocycles. The van der Waals surface area contributed by atoms with Gasteiger partial charge in [-0.15, -0.1) is 11.3 Å². The largest absolute Gasteiger partial charge is 0.352 e. The van der Waals surface area contributed by atoms with E-state index in [2.05, 4.69) is 20.3 Å². The van der Waals surface area contributed by atoms with E-state index >= 15 is 0 Å². The van der Waals surface area contributed by atoms with Gasteiger partial charge in [-0.25, -0.2) is 4.98 Å². The topological polar surface area (TPSA) is 70.7 Å². The quantitative estimate of drug-likeness (QED) is 0.726. The predicted octanol–water partition coefficient (Wildman–Crippen LogP) is 3.51. The number of carbonyl (C=O) groups excluding carboxylic acids is 1. The summed E-state index contributed by atoms with van der Waals surface area (Å²) in [5.41, 5.74) is 2.11. The van der Waals surface area contributed by atoms with E-state index in [0.29, 0.717) is 15.3 Å². The average Bonchev–Trinajstić information content (AvgIpc) is 2.97.